The van der Waals surface area contributed by atoms with Crippen molar-refractivity contribution >= 4 is 29.1 Å². The Kier molecular flexibility index (Phi) is 6.06. The molecule has 2 N–H and O–H groups in total. The number of rotatable bonds is 4. The molecule has 1 saturated heterocycles. The highest BCUT2D eigenvalue weighted by atomic mass is 35.5. The molecule has 0 spiro atoms. The van der Waals surface area contributed by atoms with E-state index in [1.54, 1.807) is 17.2 Å². The third-order valence-electron chi connectivity index (χ3n) is 5.30. The first-order chi connectivity index (χ1) is 14.9. The van der Waals surface area contributed by atoms with Crippen LogP contribution >= 0.6 is 11.6 Å². The molecule has 1 fully saturated rings. The lowest BCUT2D eigenvalue weighted by Gasteiger charge is -2.35. The van der Waals surface area contributed by atoms with Gasteiger partial charge in [-0.05, 0) is 43.2 Å². The molecule has 31 heavy (non-hydrogen) atoms. The predicted molar refractivity (Wildman–Crippen MR) is 117 cm³/mol. The predicted octanol–water partition coefficient (Wildman–Crippen LogP) is 3.25. The van der Waals surface area contributed by atoms with Gasteiger partial charge in [0.15, 0.2) is 5.82 Å². The van der Waals surface area contributed by atoms with Gasteiger partial charge in [0.2, 0.25) is 0 Å². The van der Waals surface area contributed by atoms with Crippen molar-refractivity contribution in [2.24, 2.45) is 0 Å². The second-order valence-electron chi connectivity index (χ2n) is 7.41. The van der Waals surface area contributed by atoms with Gasteiger partial charge in [0.25, 0.3) is 5.89 Å². The summed E-state index contributed by atoms with van der Waals surface area (Å²) in [5, 5.41) is 16.1. The molecule has 4 rings (SSSR count). The van der Waals surface area contributed by atoms with Crippen LogP contribution in [0, 0.1) is 13.8 Å². The molecule has 0 radical (unpaired) electrons. The number of aryl methyl sites for hydroxylation is 2. The van der Waals surface area contributed by atoms with Crippen LogP contribution in [-0.4, -0.2) is 57.3 Å². The fourth-order valence-corrected chi connectivity index (χ4v) is 3.64. The lowest BCUT2D eigenvalue weighted by Crippen LogP contribution is -2.50. The number of nitrogens with zero attached hydrogens (tertiary/aromatic N) is 5. The van der Waals surface area contributed by atoms with E-state index >= 15 is 0 Å². The van der Waals surface area contributed by atoms with Crippen molar-refractivity contribution in [2.75, 3.05) is 36.4 Å². The number of urea groups is 1. The quantitative estimate of drug-likeness (QED) is 0.638. The normalized spacial score (nSPS) is 14.1. The molecule has 0 bridgehead atoms. The first kappa shape index (κ1) is 21.1. The Morgan fingerprint density at radius 3 is 2.61 bits per heavy atom. The molecule has 1 aliphatic heterocycles. The molecule has 2 aromatic heterocycles. The van der Waals surface area contributed by atoms with Crippen LogP contribution in [0.4, 0.5) is 16.3 Å². The minimum Gasteiger partial charge on any atom is -0.388 e. The zero-order chi connectivity index (χ0) is 22.0. The second-order valence-corrected chi connectivity index (χ2v) is 7.81. The van der Waals surface area contributed by atoms with Crippen LogP contribution in [-0.2, 0) is 6.61 Å². The molecule has 1 aliphatic rings. The minimum atomic E-state index is -0.301. The summed E-state index contributed by atoms with van der Waals surface area (Å²) in [5.74, 6) is 1.09. The summed E-state index contributed by atoms with van der Waals surface area (Å²) in [6, 6.07) is 7.47. The number of aromatic nitrogens is 3. The number of pyridine rings is 1. The van der Waals surface area contributed by atoms with E-state index in [4.69, 9.17) is 21.2 Å². The number of amides is 2. The van der Waals surface area contributed by atoms with Crippen LogP contribution in [0.2, 0.25) is 5.02 Å². The average Bonchev–Trinajstić information content (AvgIpc) is 3.26. The number of anilines is 2. The van der Waals surface area contributed by atoms with Gasteiger partial charge in [-0.1, -0.05) is 22.8 Å². The van der Waals surface area contributed by atoms with Crippen molar-refractivity contribution in [3.05, 3.63) is 52.4 Å². The standard InChI is InChI=1S/C21H23ClN6O3/c1-13-3-4-16(9-14(13)2)24-21(30)28-7-5-27(6-8-28)19-17(22)10-15(11-23-19)20-25-18(12-29)26-31-20/h3-4,9-11,29H,5-8,12H2,1-2H3,(H,24,30). The summed E-state index contributed by atoms with van der Waals surface area (Å²) >= 11 is 6.45. The molecule has 3 heterocycles. The molecule has 3 aromatic rings. The molecule has 9 nitrogen and oxygen atoms in total. The van der Waals surface area contributed by atoms with Crippen molar-refractivity contribution in [1.82, 2.24) is 20.0 Å². The maximum Gasteiger partial charge on any atom is 0.321 e. The summed E-state index contributed by atoms with van der Waals surface area (Å²) in [7, 11) is 0. The Hall–Kier alpha value is -3.17. The number of piperazine rings is 1. The van der Waals surface area contributed by atoms with E-state index in [9.17, 15) is 4.79 Å². The summed E-state index contributed by atoms with van der Waals surface area (Å²) in [6.07, 6.45) is 1.61. The zero-order valence-electron chi connectivity index (χ0n) is 17.3. The van der Waals surface area contributed by atoms with Crippen LogP contribution in [0.3, 0.4) is 0 Å². The largest absolute Gasteiger partial charge is 0.388 e. The minimum absolute atomic E-state index is 0.117. The van der Waals surface area contributed by atoms with Gasteiger partial charge in [0.1, 0.15) is 12.4 Å². The Labute approximate surface area is 184 Å². The number of aliphatic hydroxyl groups is 1. The van der Waals surface area contributed by atoms with Gasteiger partial charge in [0, 0.05) is 38.1 Å². The van der Waals surface area contributed by atoms with E-state index in [2.05, 4.69) is 20.4 Å². The van der Waals surface area contributed by atoms with Crippen LogP contribution in [0.1, 0.15) is 17.0 Å². The SMILES string of the molecule is Cc1ccc(NC(=O)N2CCN(c3ncc(-c4nc(CO)no4)cc3Cl)CC2)cc1C. The maximum atomic E-state index is 12.6. The summed E-state index contributed by atoms with van der Waals surface area (Å²) in [4.78, 5) is 25.0. The Bertz CT molecular complexity index is 1090. The summed E-state index contributed by atoms with van der Waals surface area (Å²) in [5.41, 5.74) is 3.70. The highest BCUT2D eigenvalue weighted by Crippen LogP contribution is 2.29. The van der Waals surface area contributed by atoms with E-state index in [0.717, 1.165) is 11.3 Å². The van der Waals surface area contributed by atoms with Crippen LogP contribution in [0.15, 0.2) is 35.0 Å². The van der Waals surface area contributed by atoms with Crippen LogP contribution in [0.25, 0.3) is 11.5 Å². The summed E-state index contributed by atoms with van der Waals surface area (Å²) in [6.45, 7) is 6.10. The molecule has 10 heteroatoms. The molecule has 0 aliphatic carbocycles. The van der Waals surface area contributed by atoms with E-state index in [-0.39, 0.29) is 24.4 Å². The lowest BCUT2D eigenvalue weighted by atomic mass is 10.1. The highest BCUT2D eigenvalue weighted by molar-refractivity contribution is 6.33. The topological polar surface area (TPSA) is 108 Å². The number of nitrogens with one attached hydrogen (secondary N) is 1. The Morgan fingerprint density at radius 1 is 1.19 bits per heavy atom. The number of hydrogen-bond donors (Lipinski definition) is 2. The van der Waals surface area contributed by atoms with Crippen LogP contribution < -0.4 is 10.2 Å². The van der Waals surface area contributed by atoms with Crippen LogP contribution in [0.5, 0.6) is 0 Å². The van der Waals surface area contributed by atoms with E-state index in [1.807, 2.05) is 36.9 Å². The molecule has 0 atom stereocenters. The number of carbonyl (C=O) groups excluding carboxylic acids is 1. The molecule has 0 unspecified atom stereocenters. The summed E-state index contributed by atoms with van der Waals surface area (Å²) < 4.78 is 5.10. The van der Waals surface area contributed by atoms with Crippen molar-refractivity contribution in [1.29, 1.82) is 0 Å². The van der Waals surface area contributed by atoms with Crippen molar-refractivity contribution in [2.45, 2.75) is 20.5 Å². The lowest BCUT2D eigenvalue weighted by molar-refractivity contribution is 0.208. The monoisotopic (exact) mass is 442 g/mol. The van der Waals surface area contributed by atoms with Gasteiger partial charge < -0.3 is 24.7 Å². The number of aliphatic hydroxyl groups excluding tert-OH is 1. The number of carbonyl (C=O) groups is 1. The zero-order valence-corrected chi connectivity index (χ0v) is 18.1. The highest BCUT2D eigenvalue weighted by Gasteiger charge is 2.24. The van der Waals surface area contributed by atoms with Crippen molar-refractivity contribution in [3.8, 4) is 11.5 Å². The fourth-order valence-electron chi connectivity index (χ4n) is 3.36. The van der Waals surface area contributed by atoms with Gasteiger partial charge in [0.05, 0.1) is 10.6 Å². The second kappa shape index (κ2) is 8.91. The van der Waals surface area contributed by atoms with E-state index < -0.39 is 0 Å². The molecule has 1 aromatic carbocycles. The molecule has 0 saturated carbocycles. The van der Waals surface area contributed by atoms with E-state index in [1.165, 1.54) is 5.56 Å². The van der Waals surface area contributed by atoms with Gasteiger partial charge in [-0.25, -0.2) is 9.78 Å². The number of halogens is 1. The molecule has 162 valence electrons. The molecular weight excluding hydrogens is 420 g/mol. The van der Waals surface area contributed by atoms with Gasteiger partial charge in [-0.3, -0.25) is 0 Å². The first-order valence-electron chi connectivity index (χ1n) is 9.92. The number of hydrogen-bond acceptors (Lipinski definition) is 7. The number of benzene rings is 1. The average molecular weight is 443 g/mol. The smallest absolute Gasteiger partial charge is 0.321 e. The van der Waals surface area contributed by atoms with E-state index in [0.29, 0.717) is 42.6 Å². The van der Waals surface area contributed by atoms with Crippen molar-refractivity contribution < 1.29 is 14.4 Å². The van der Waals surface area contributed by atoms with Crippen molar-refractivity contribution in [3.63, 3.8) is 0 Å². The maximum absolute atomic E-state index is 12.6. The molecule has 2 amide bonds. The molecular formula is C21H23ClN6O3. The third-order valence-corrected chi connectivity index (χ3v) is 5.58. The fraction of sp³-hybridized carbons (Fsp3) is 0.333. The van der Waals surface area contributed by atoms with Gasteiger partial charge in [-0.15, -0.1) is 0 Å². The van der Waals surface area contributed by atoms with Gasteiger partial charge >= 0.3 is 6.03 Å². The van der Waals surface area contributed by atoms with Gasteiger partial charge in [-0.2, -0.15) is 4.98 Å². The third kappa shape index (κ3) is 4.62. The first-order valence-corrected chi connectivity index (χ1v) is 10.3. The Balaban J connectivity index is 1.37. The Morgan fingerprint density at radius 2 is 1.97 bits per heavy atom.